The first-order valence-corrected chi connectivity index (χ1v) is 8.36. The predicted octanol–water partition coefficient (Wildman–Crippen LogP) is 3.47. The molecule has 1 amide bonds. The molecular weight excluding hydrogens is 401 g/mol. The fourth-order valence-electron chi connectivity index (χ4n) is 2.35. The van der Waals surface area contributed by atoms with Crippen molar-refractivity contribution in [1.29, 1.82) is 0 Å². The van der Waals surface area contributed by atoms with E-state index in [2.05, 4.69) is 45.0 Å². The molecule has 0 atom stereocenters. The Kier molecular flexibility index (Phi) is 5.07. The van der Waals surface area contributed by atoms with Gasteiger partial charge >= 0.3 is 0 Å². The summed E-state index contributed by atoms with van der Waals surface area (Å²) in [5.41, 5.74) is 2.98. The molecule has 1 N–H and O–H groups in total. The number of nitrogens with zero attached hydrogens (tertiary/aromatic N) is 2. The van der Waals surface area contributed by atoms with Gasteiger partial charge in [-0.2, -0.15) is 0 Å². The van der Waals surface area contributed by atoms with Crippen LogP contribution in [0, 0.1) is 3.57 Å². The van der Waals surface area contributed by atoms with Crippen molar-refractivity contribution >= 4 is 28.5 Å². The molecule has 0 aliphatic carbocycles. The van der Waals surface area contributed by atoms with Crippen LogP contribution in [0.1, 0.15) is 21.5 Å². The fraction of sp³-hybridized carbons (Fsp3) is 0.111. The topological polar surface area (TPSA) is 46.9 Å². The third-order valence-electron chi connectivity index (χ3n) is 3.49. The summed E-state index contributed by atoms with van der Waals surface area (Å²) in [5.74, 6) is -0.0463. The summed E-state index contributed by atoms with van der Waals surface area (Å²) in [7, 11) is 0. The summed E-state index contributed by atoms with van der Waals surface area (Å²) in [4.78, 5) is 16.3. The van der Waals surface area contributed by atoms with Gasteiger partial charge in [0.25, 0.3) is 5.91 Å². The SMILES string of the molecule is O=C(NCc1cccc(Cn2ccnc2)c1)c1ccccc1I. The van der Waals surface area contributed by atoms with Gasteiger partial charge in [0, 0.05) is 29.1 Å². The Bertz CT molecular complexity index is 800. The predicted molar refractivity (Wildman–Crippen MR) is 98.1 cm³/mol. The maximum absolute atomic E-state index is 12.3. The van der Waals surface area contributed by atoms with Gasteiger partial charge in [0.1, 0.15) is 0 Å². The molecule has 5 heteroatoms. The molecule has 0 spiro atoms. The summed E-state index contributed by atoms with van der Waals surface area (Å²) in [6.45, 7) is 1.29. The average molecular weight is 417 g/mol. The van der Waals surface area contributed by atoms with E-state index in [4.69, 9.17) is 0 Å². The van der Waals surface area contributed by atoms with Crippen molar-refractivity contribution in [2.75, 3.05) is 0 Å². The molecule has 0 saturated carbocycles. The van der Waals surface area contributed by atoms with Crippen molar-refractivity contribution in [2.45, 2.75) is 13.1 Å². The zero-order valence-corrected chi connectivity index (χ0v) is 14.6. The number of hydrogen-bond donors (Lipinski definition) is 1. The minimum atomic E-state index is -0.0463. The van der Waals surface area contributed by atoms with Crippen LogP contribution in [0.5, 0.6) is 0 Å². The van der Waals surface area contributed by atoms with Gasteiger partial charge in [-0.25, -0.2) is 4.98 Å². The second kappa shape index (κ2) is 7.41. The normalized spacial score (nSPS) is 10.5. The summed E-state index contributed by atoms with van der Waals surface area (Å²) < 4.78 is 2.97. The Morgan fingerprint density at radius 2 is 1.96 bits per heavy atom. The second-order valence-electron chi connectivity index (χ2n) is 5.22. The minimum Gasteiger partial charge on any atom is -0.348 e. The van der Waals surface area contributed by atoms with Gasteiger partial charge in [0.2, 0.25) is 0 Å². The highest BCUT2D eigenvalue weighted by Gasteiger charge is 2.08. The quantitative estimate of drug-likeness (QED) is 0.647. The van der Waals surface area contributed by atoms with E-state index >= 15 is 0 Å². The van der Waals surface area contributed by atoms with Crippen molar-refractivity contribution in [3.63, 3.8) is 0 Å². The molecule has 23 heavy (non-hydrogen) atoms. The number of benzene rings is 2. The van der Waals surface area contributed by atoms with Crippen molar-refractivity contribution < 1.29 is 4.79 Å². The van der Waals surface area contributed by atoms with Crippen LogP contribution < -0.4 is 5.32 Å². The molecule has 0 unspecified atom stereocenters. The van der Waals surface area contributed by atoms with Crippen LogP contribution in [0.4, 0.5) is 0 Å². The van der Waals surface area contributed by atoms with Gasteiger partial charge in [-0.3, -0.25) is 4.79 Å². The van der Waals surface area contributed by atoms with Crippen LogP contribution >= 0.6 is 22.6 Å². The molecule has 0 aliphatic heterocycles. The molecule has 2 aromatic carbocycles. The van der Waals surface area contributed by atoms with Gasteiger partial charge in [0.15, 0.2) is 0 Å². The number of imidazole rings is 1. The van der Waals surface area contributed by atoms with Crippen molar-refractivity contribution in [3.05, 3.63) is 87.5 Å². The van der Waals surface area contributed by atoms with E-state index in [0.717, 1.165) is 15.7 Å². The maximum Gasteiger partial charge on any atom is 0.252 e. The molecule has 0 saturated heterocycles. The highest BCUT2D eigenvalue weighted by molar-refractivity contribution is 14.1. The lowest BCUT2D eigenvalue weighted by Crippen LogP contribution is -2.23. The highest BCUT2D eigenvalue weighted by atomic mass is 127. The standard InChI is InChI=1S/C18H16IN3O/c19-17-7-2-1-6-16(17)18(23)21-11-14-4-3-5-15(10-14)12-22-9-8-20-13-22/h1-10,13H,11-12H2,(H,21,23). The van der Waals surface area contributed by atoms with Crippen LogP contribution in [0.25, 0.3) is 0 Å². The Morgan fingerprint density at radius 3 is 2.74 bits per heavy atom. The average Bonchev–Trinajstić information content (AvgIpc) is 3.06. The molecule has 3 aromatic rings. The van der Waals surface area contributed by atoms with E-state index in [1.54, 1.807) is 12.5 Å². The third-order valence-corrected chi connectivity index (χ3v) is 4.43. The van der Waals surface area contributed by atoms with E-state index in [1.165, 1.54) is 5.56 Å². The lowest BCUT2D eigenvalue weighted by atomic mass is 10.1. The van der Waals surface area contributed by atoms with Gasteiger partial charge < -0.3 is 9.88 Å². The second-order valence-corrected chi connectivity index (χ2v) is 6.38. The zero-order valence-electron chi connectivity index (χ0n) is 12.4. The monoisotopic (exact) mass is 417 g/mol. The molecule has 4 nitrogen and oxygen atoms in total. The maximum atomic E-state index is 12.3. The zero-order chi connectivity index (χ0) is 16.1. The summed E-state index contributed by atoms with van der Waals surface area (Å²) in [6.07, 6.45) is 5.50. The number of rotatable bonds is 5. The Hall–Kier alpha value is -2.15. The molecule has 0 aliphatic rings. The molecule has 3 rings (SSSR count). The molecule has 0 fully saturated rings. The Morgan fingerprint density at radius 1 is 1.13 bits per heavy atom. The van der Waals surface area contributed by atoms with E-state index in [-0.39, 0.29) is 5.91 Å². The molecule has 0 radical (unpaired) electrons. The first-order valence-electron chi connectivity index (χ1n) is 7.28. The number of carbonyl (C=O) groups is 1. The lowest BCUT2D eigenvalue weighted by molar-refractivity contribution is 0.0950. The van der Waals surface area contributed by atoms with Crippen molar-refractivity contribution in [2.24, 2.45) is 0 Å². The van der Waals surface area contributed by atoms with Crippen LogP contribution in [-0.4, -0.2) is 15.5 Å². The smallest absolute Gasteiger partial charge is 0.252 e. The van der Waals surface area contributed by atoms with Crippen molar-refractivity contribution in [3.8, 4) is 0 Å². The van der Waals surface area contributed by atoms with Gasteiger partial charge in [-0.15, -0.1) is 0 Å². The molecule has 116 valence electrons. The van der Waals surface area contributed by atoms with Gasteiger partial charge in [0.05, 0.1) is 11.9 Å². The van der Waals surface area contributed by atoms with Crippen LogP contribution in [-0.2, 0) is 13.1 Å². The van der Waals surface area contributed by atoms with E-state index < -0.39 is 0 Å². The molecule has 0 bridgehead atoms. The van der Waals surface area contributed by atoms with Crippen molar-refractivity contribution in [1.82, 2.24) is 14.9 Å². The minimum absolute atomic E-state index is 0.0463. The van der Waals surface area contributed by atoms with E-state index in [0.29, 0.717) is 12.1 Å². The Balaban J connectivity index is 1.64. The van der Waals surface area contributed by atoms with Crippen LogP contribution in [0.15, 0.2) is 67.3 Å². The number of nitrogens with one attached hydrogen (secondary N) is 1. The van der Waals surface area contributed by atoms with Gasteiger partial charge in [-0.1, -0.05) is 36.4 Å². The lowest BCUT2D eigenvalue weighted by Gasteiger charge is -2.09. The first kappa shape index (κ1) is 15.7. The van der Waals surface area contributed by atoms with Crippen LogP contribution in [0.3, 0.4) is 0 Å². The van der Waals surface area contributed by atoms with Gasteiger partial charge in [-0.05, 0) is 45.9 Å². The number of amides is 1. The Labute approximate surface area is 148 Å². The van der Waals surface area contributed by atoms with E-state index in [1.807, 2.05) is 47.2 Å². The van der Waals surface area contributed by atoms with Crippen LogP contribution in [0.2, 0.25) is 0 Å². The first-order chi connectivity index (χ1) is 11.2. The number of hydrogen-bond acceptors (Lipinski definition) is 2. The molecule has 1 aromatic heterocycles. The largest absolute Gasteiger partial charge is 0.348 e. The number of carbonyl (C=O) groups excluding carboxylic acids is 1. The third kappa shape index (κ3) is 4.19. The number of aromatic nitrogens is 2. The highest BCUT2D eigenvalue weighted by Crippen LogP contribution is 2.12. The molecule has 1 heterocycles. The fourth-order valence-corrected chi connectivity index (χ4v) is 2.98. The van der Waals surface area contributed by atoms with E-state index in [9.17, 15) is 4.79 Å². The molecular formula is C18H16IN3O. The summed E-state index contributed by atoms with van der Waals surface area (Å²) in [5, 5.41) is 2.98. The number of halogens is 1. The summed E-state index contributed by atoms with van der Waals surface area (Å²) >= 11 is 2.18. The summed E-state index contributed by atoms with van der Waals surface area (Å²) in [6, 6.07) is 15.8.